The summed E-state index contributed by atoms with van der Waals surface area (Å²) in [6.45, 7) is 1.58. The van der Waals surface area contributed by atoms with Gasteiger partial charge < -0.3 is 4.74 Å². The van der Waals surface area contributed by atoms with Gasteiger partial charge in [-0.25, -0.2) is 0 Å². The van der Waals surface area contributed by atoms with E-state index in [1.54, 1.807) is 6.92 Å². The molecule has 0 unspecified atom stereocenters. The van der Waals surface area contributed by atoms with E-state index in [9.17, 15) is 18.0 Å². The number of hydrogen-bond donors (Lipinski definition) is 0. The van der Waals surface area contributed by atoms with Gasteiger partial charge in [0.25, 0.3) is 0 Å². The Hall–Kier alpha value is -1.04. The first-order chi connectivity index (χ1) is 7.89. The zero-order chi connectivity index (χ0) is 13.1. The van der Waals surface area contributed by atoms with Gasteiger partial charge in [0.2, 0.25) is 0 Å². The van der Waals surface area contributed by atoms with Gasteiger partial charge in [0.15, 0.2) is 5.78 Å². The molecule has 0 fully saturated rings. The Balaban J connectivity index is 3.25. The van der Waals surface area contributed by atoms with Crippen LogP contribution in [0.1, 0.15) is 29.3 Å². The highest BCUT2D eigenvalue weighted by molar-refractivity contribution is 9.08. The van der Waals surface area contributed by atoms with Gasteiger partial charge >= 0.3 is 6.36 Å². The lowest BCUT2D eigenvalue weighted by Crippen LogP contribution is -2.20. The average molecular weight is 311 g/mol. The summed E-state index contributed by atoms with van der Waals surface area (Å²) in [4.78, 5) is 11.5. The molecule has 1 aromatic carbocycles. The van der Waals surface area contributed by atoms with Gasteiger partial charge in [0.05, 0.1) is 5.56 Å². The molecule has 17 heavy (non-hydrogen) atoms. The van der Waals surface area contributed by atoms with E-state index in [1.807, 2.05) is 0 Å². The fourth-order valence-electron chi connectivity index (χ4n) is 1.34. The zero-order valence-electron chi connectivity index (χ0n) is 8.97. The summed E-state index contributed by atoms with van der Waals surface area (Å²) in [5.74, 6) is -0.796. The Morgan fingerprint density at radius 2 is 2.06 bits per heavy atom. The molecule has 0 saturated carbocycles. The maximum absolute atomic E-state index is 12.3. The third-order valence-electron chi connectivity index (χ3n) is 2.08. The summed E-state index contributed by atoms with van der Waals surface area (Å²) in [5.41, 5.74) is 0.253. The highest BCUT2D eigenvalue weighted by Crippen LogP contribution is 2.32. The molecular weight excluding hydrogens is 301 g/mol. The predicted octanol–water partition coefficient (Wildman–Crippen LogP) is 4.07. The van der Waals surface area contributed by atoms with E-state index >= 15 is 0 Å². The van der Waals surface area contributed by atoms with E-state index in [2.05, 4.69) is 20.7 Å². The van der Waals surface area contributed by atoms with E-state index in [1.165, 1.54) is 18.2 Å². The Labute approximate surface area is 105 Å². The smallest absolute Gasteiger partial charge is 0.405 e. The number of carbonyl (C=O) groups is 1. The summed E-state index contributed by atoms with van der Waals surface area (Å²) < 4.78 is 40.7. The summed E-state index contributed by atoms with van der Waals surface area (Å²) in [5, 5.41) is 0.184. The van der Waals surface area contributed by atoms with Crippen LogP contribution in [0.5, 0.6) is 5.75 Å². The van der Waals surface area contributed by atoms with Crippen molar-refractivity contribution in [3.8, 4) is 5.75 Å². The van der Waals surface area contributed by atoms with Crippen molar-refractivity contribution < 1.29 is 22.7 Å². The Bertz CT molecular complexity index is 416. The van der Waals surface area contributed by atoms with Crippen LogP contribution in [0.2, 0.25) is 0 Å². The number of Topliss-reactive ketones (excluding diaryl/α,β-unsaturated/α-hetero) is 1. The summed E-state index contributed by atoms with van der Waals surface area (Å²) in [7, 11) is 0. The third-order valence-corrected chi connectivity index (χ3v) is 2.68. The zero-order valence-corrected chi connectivity index (χ0v) is 10.6. The molecule has 0 radical (unpaired) electrons. The van der Waals surface area contributed by atoms with Gasteiger partial charge in [-0.15, -0.1) is 13.2 Å². The minimum absolute atomic E-state index is 0.0400. The minimum Gasteiger partial charge on any atom is -0.405 e. The quantitative estimate of drug-likeness (QED) is 0.619. The molecule has 0 aliphatic carbocycles. The van der Waals surface area contributed by atoms with Crippen LogP contribution in [0.3, 0.4) is 0 Å². The molecule has 0 saturated heterocycles. The number of rotatable bonds is 4. The monoisotopic (exact) mass is 310 g/mol. The second-order valence-electron chi connectivity index (χ2n) is 3.25. The molecular formula is C11H10BrF3O2. The van der Waals surface area contributed by atoms with Crippen molar-refractivity contribution in [2.24, 2.45) is 0 Å². The molecule has 0 amide bonds. The number of alkyl halides is 4. The molecule has 0 aromatic heterocycles. The van der Waals surface area contributed by atoms with Crippen LogP contribution in [-0.2, 0) is 5.33 Å². The van der Waals surface area contributed by atoms with Crippen LogP contribution in [0.15, 0.2) is 18.2 Å². The molecule has 0 atom stereocenters. The molecule has 0 heterocycles. The first-order valence-corrected chi connectivity index (χ1v) is 5.98. The van der Waals surface area contributed by atoms with Crippen molar-refractivity contribution in [2.75, 3.05) is 0 Å². The van der Waals surface area contributed by atoms with Crippen molar-refractivity contribution >= 4 is 21.7 Å². The second-order valence-corrected chi connectivity index (χ2v) is 3.81. The lowest BCUT2D eigenvalue weighted by molar-refractivity contribution is -0.274. The summed E-state index contributed by atoms with van der Waals surface area (Å²) >= 11 is 3.06. The van der Waals surface area contributed by atoms with Crippen LogP contribution in [0.25, 0.3) is 0 Å². The van der Waals surface area contributed by atoms with Crippen LogP contribution in [0, 0.1) is 0 Å². The number of para-hydroxylation sites is 1. The standard InChI is InChI=1S/C11H10BrF3O2/c1-2-9(16)8-5-3-4-7(6-12)10(8)17-11(13,14)15/h3-5H,2,6H2,1H3. The summed E-state index contributed by atoms with van der Waals surface area (Å²) in [6, 6.07) is 4.34. The Kier molecular flexibility index (Phi) is 4.56. The van der Waals surface area contributed by atoms with Crippen molar-refractivity contribution in [1.82, 2.24) is 0 Å². The van der Waals surface area contributed by atoms with Gasteiger partial charge in [-0.3, -0.25) is 4.79 Å². The van der Waals surface area contributed by atoms with Gasteiger partial charge in [-0.1, -0.05) is 35.0 Å². The first kappa shape index (κ1) is 14.0. The second kappa shape index (κ2) is 5.53. The number of ether oxygens (including phenoxy) is 1. The first-order valence-electron chi connectivity index (χ1n) is 4.85. The molecule has 94 valence electrons. The number of ketones is 1. The van der Waals surface area contributed by atoms with Crippen molar-refractivity contribution in [3.05, 3.63) is 29.3 Å². The number of benzene rings is 1. The molecule has 1 aromatic rings. The van der Waals surface area contributed by atoms with Crippen molar-refractivity contribution in [3.63, 3.8) is 0 Å². The van der Waals surface area contributed by atoms with Crippen LogP contribution in [-0.4, -0.2) is 12.1 Å². The van der Waals surface area contributed by atoms with E-state index in [0.29, 0.717) is 5.56 Å². The maximum atomic E-state index is 12.3. The van der Waals surface area contributed by atoms with Gasteiger partial charge in [-0.05, 0) is 6.07 Å². The number of hydrogen-bond acceptors (Lipinski definition) is 2. The largest absolute Gasteiger partial charge is 0.573 e. The highest BCUT2D eigenvalue weighted by Gasteiger charge is 2.33. The van der Waals surface area contributed by atoms with E-state index in [0.717, 1.165) is 0 Å². The fourth-order valence-corrected chi connectivity index (χ4v) is 1.78. The van der Waals surface area contributed by atoms with Crippen LogP contribution in [0.4, 0.5) is 13.2 Å². The van der Waals surface area contributed by atoms with Gasteiger partial charge in [-0.2, -0.15) is 0 Å². The molecule has 0 aliphatic rings. The molecule has 0 bridgehead atoms. The minimum atomic E-state index is -4.80. The highest BCUT2D eigenvalue weighted by atomic mass is 79.9. The average Bonchev–Trinajstić information content (AvgIpc) is 2.26. The maximum Gasteiger partial charge on any atom is 0.573 e. The normalized spacial score (nSPS) is 11.4. The number of carbonyl (C=O) groups excluding carboxylic acids is 1. The van der Waals surface area contributed by atoms with Crippen LogP contribution < -0.4 is 4.74 Å². The molecule has 0 spiro atoms. The molecule has 0 N–H and O–H groups in total. The topological polar surface area (TPSA) is 26.3 Å². The van der Waals surface area contributed by atoms with Gasteiger partial charge in [0.1, 0.15) is 5.75 Å². The molecule has 1 rings (SSSR count). The lowest BCUT2D eigenvalue weighted by atomic mass is 10.0. The third kappa shape index (κ3) is 3.73. The molecule has 0 aliphatic heterocycles. The summed E-state index contributed by atoms with van der Waals surface area (Å²) in [6.07, 6.45) is -4.68. The Morgan fingerprint density at radius 3 is 2.53 bits per heavy atom. The van der Waals surface area contributed by atoms with Crippen molar-refractivity contribution in [1.29, 1.82) is 0 Å². The van der Waals surface area contributed by atoms with E-state index in [4.69, 9.17) is 0 Å². The van der Waals surface area contributed by atoms with Crippen LogP contribution >= 0.6 is 15.9 Å². The van der Waals surface area contributed by atoms with E-state index in [-0.39, 0.29) is 23.1 Å². The fraction of sp³-hybridized carbons (Fsp3) is 0.364. The SMILES string of the molecule is CCC(=O)c1cccc(CBr)c1OC(F)(F)F. The van der Waals surface area contributed by atoms with Gasteiger partial charge in [0, 0.05) is 17.3 Å². The van der Waals surface area contributed by atoms with Crippen molar-refractivity contribution in [2.45, 2.75) is 25.0 Å². The predicted molar refractivity (Wildman–Crippen MR) is 60.4 cm³/mol. The lowest BCUT2D eigenvalue weighted by Gasteiger charge is -2.15. The number of halogens is 4. The molecule has 6 heteroatoms. The Morgan fingerprint density at radius 1 is 1.41 bits per heavy atom. The molecule has 2 nitrogen and oxygen atoms in total. The van der Waals surface area contributed by atoms with E-state index < -0.39 is 12.1 Å².